The van der Waals surface area contributed by atoms with Crippen molar-refractivity contribution >= 4 is 17.7 Å². The molecule has 0 aliphatic rings. The van der Waals surface area contributed by atoms with Crippen LogP contribution in [0, 0.1) is 11.3 Å². The summed E-state index contributed by atoms with van der Waals surface area (Å²) in [6, 6.07) is 6.92. The maximum Gasteiger partial charge on any atom is 0.417 e. The van der Waals surface area contributed by atoms with E-state index in [1.54, 1.807) is 13.0 Å². The van der Waals surface area contributed by atoms with Gasteiger partial charge in [-0.05, 0) is 38.1 Å². The minimum absolute atomic E-state index is 0.0270. The number of benzene rings is 1. The summed E-state index contributed by atoms with van der Waals surface area (Å²) < 4.78 is 56.2. The maximum absolute atomic E-state index is 13.7. The van der Waals surface area contributed by atoms with Gasteiger partial charge in [0.1, 0.15) is 16.3 Å². The highest BCUT2D eigenvalue weighted by molar-refractivity contribution is 8.00. The van der Waals surface area contributed by atoms with Crippen molar-refractivity contribution in [3.05, 3.63) is 35.4 Å². The van der Waals surface area contributed by atoms with Gasteiger partial charge in [-0.3, -0.25) is 4.79 Å². The van der Waals surface area contributed by atoms with Crippen molar-refractivity contribution in [2.45, 2.75) is 30.3 Å². The number of hydrogen-bond donors (Lipinski definition) is 0. The molecule has 160 valence electrons. The number of halogens is 3. The van der Waals surface area contributed by atoms with Crippen LogP contribution in [0.2, 0.25) is 0 Å². The molecule has 0 aliphatic heterocycles. The van der Waals surface area contributed by atoms with Gasteiger partial charge >= 0.3 is 12.1 Å². The van der Waals surface area contributed by atoms with Crippen LogP contribution in [-0.4, -0.2) is 37.0 Å². The van der Waals surface area contributed by atoms with Crippen LogP contribution < -0.4 is 9.47 Å². The van der Waals surface area contributed by atoms with Gasteiger partial charge in [0.15, 0.2) is 11.5 Å². The summed E-state index contributed by atoms with van der Waals surface area (Å²) in [6.45, 7) is 3.22. The van der Waals surface area contributed by atoms with Crippen molar-refractivity contribution in [1.29, 1.82) is 5.26 Å². The van der Waals surface area contributed by atoms with E-state index in [0.29, 0.717) is 17.1 Å². The Labute approximate surface area is 176 Å². The highest BCUT2D eigenvalue weighted by Crippen LogP contribution is 2.40. The molecule has 2 rings (SSSR count). The minimum atomic E-state index is -4.79. The molecule has 0 amide bonds. The molecule has 10 heteroatoms. The number of rotatable bonds is 7. The fourth-order valence-electron chi connectivity index (χ4n) is 2.56. The molecular formula is C20H19F3N2O4S. The van der Waals surface area contributed by atoms with Crippen molar-refractivity contribution in [1.82, 2.24) is 4.98 Å². The van der Waals surface area contributed by atoms with E-state index in [9.17, 15) is 23.2 Å². The molecule has 0 radical (unpaired) electrons. The smallest absolute Gasteiger partial charge is 0.417 e. The number of thioether (sulfide) groups is 1. The lowest BCUT2D eigenvalue weighted by atomic mass is 10.0. The zero-order valence-corrected chi connectivity index (χ0v) is 17.5. The normalized spacial score (nSPS) is 12.1. The van der Waals surface area contributed by atoms with Crippen LogP contribution in [0.5, 0.6) is 11.5 Å². The van der Waals surface area contributed by atoms with Crippen LogP contribution in [0.1, 0.15) is 25.0 Å². The number of nitrogens with zero attached hydrogens (tertiary/aromatic N) is 2. The molecule has 0 unspecified atom stereocenters. The van der Waals surface area contributed by atoms with Crippen molar-refractivity contribution in [2.24, 2.45) is 0 Å². The SMILES string of the molecule is CCOC(=O)[C@@H](C)Sc1nc(-c2ccc(OC)c(OC)c2)cc(C(F)(F)F)c1C#N. The van der Waals surface area contributed by atoms with Gasteiger partial charge in [0.05, 0.1) is 37.6 Å². The first kappa shape index (κ1) is 23.3. The standard InChI is InChI=1S/C20H19F3N2O4S/c1-5-29-19(26)11(2)30-18-13(10-24)14(20(21,22)23)9-15(25-18)12-6-7-16(27-3)17(8-12)28-4/h6-9,11H,5H2,1-4H3/t11-/m1/s1. The Morgan fingerprint density at radius 2 is 1.90 bits per heavy atom. The van der Waals surface area contributed by atoms with E-state index in [1.165, 1.54) is 39.3 Å². The van der Waals surface area contributed by atoms with Gasteiger partial charge in [-0.15, -0.1) is 0 Å². The van der Waals surface area contributed by atoms with Crippen molar-refractivity contribution in [3.8, 4) is 28.8 Å². The number of hydrogen-bond acceptors (Lipinski definition) is 7. The molecule has 0 saturated carbocycles. The predicted octanol–water partition coefficient (Wildman–Crippen LogP) is 4.70. The zero-order chi connectivity index (χ0) is 22.5. The van der Waals surface area contributed by atoms with Gasteiger partial charge in [-0.25, -0.2) is 4.98 Å². The summed E-state index contributed by atoms with van der Waals surface area (Å²) in [4.78, 5) is 16.2. The first-order valence-electron chi connectivity index (χ1n) is 8.74. The van der Waals surface area contributed by atoms with Gasteiger partial charge in [0.25, 0.3) is 0 Å². The molecule has 30 heavy (non-hydrogen) atoms. The second-order valence-electron chi connectivity index (χ2n) is 5.93. The molecule has 1 atom stereocenters. The number of carbonyl (C=O) groups excluding carboxylic acids is 1. The average Bonchev–Trinajstić information content (AvgIpc) is 2.72. The van der Waals surface area contributed by atoms with Gasteiger partial charge < -0.3 is 14.2 Å². The lowest BCUT2D eigenvalue weighted by molar-refractivity contribution is -0.142. The van der Waals surface area contributed by atoms with Crippen molar-refractivity contribution < 1.29 is 32.2 Å². The summed E-state index contributed by atoms with van der Waals surface area (Å²) in [5.74, 6) is 0.0959. The second kappa shape index (κ2) is 9.71. The van der Waals surface area contributed by atoms with Crippen molar-refractivity contribution in [2.75, 3.05) is 20.8 Å². The Hall–Kier alpha value is -2.93. The Morgan fingerprint density at radius 3 is 2.43 bits per heavy atom. The fraction of sp³-hybridized carbons (Fsp3) is 0.350. The summed E-state index contributed by atoms with van der Waals surface area (Å²) in [6.07, 6.45) is -4.79. The van der Waals surface area contributed by atoms with Crippen molar-refractivity contribution in [3.63, 3.8) is 0 Å². The van der Waals surface area contributed by atoms with E-state index in [0.717, 1.165) is 17.8 Å². The number of aromatic nitrogens is 1. The van der Waals surface area contributed by atoms with E-state index in [2.05, 4.69) is 4.98 Å². The number of ether oxygens (including phenoxy) is 3. The molecule has 1 aromatic heterocycles. The first-order chi connectivity index (χ1) is 14.2. The van der Waals surface area contributed by atoms with Crippen LogP contribution >= 0.6 is 11.8 Å². The van der Waals surface area contributed by atoms with E-state index in [4.69, 9.17) is 14.2 Å². The highest BCUT2D eigenvalue weighted by Gasteiger charge is 2.36. The lowest BCUT2D eigenvalue weighted by Crippen LogP contribution is -2.18. The van der Waals surface area contributed by atoms with Crippen LogP contribution in [0.25, 0.3) is 11.3 Å². The van der Waals surface area contributed by atoms with Gasteiger partial charge in [-0.1, -0.05) is 11.8 Å². The van der Waals surface area contributed by atoms with Crippen LogP contribution in [0.15, 0.2) is 29.3 Å². The molecular weight excluding hydrogens is 421 g/mol. The number of nitriles is 1. The van der Waals surface area contributed by atoms with E-state index in [1.807, 2.05) is 0 Å². The molecule has 2 aromatic rings. The fourth-order valence-corrected chi connectivity index (χ4v) is 3.48. The molecule has 0 bridgehead atoms. The molecule has 1 aromatic carbocycles. The summed E-state index contributed by atoms with van der Waals surface area (Å²) >= 11 is 0.735. The molecule has 1 heterocycles. The molecule has 0 fully saturated rings. The minimum Gasteiger partial charge on any atom is -0.493 e. The van der Waals surface area contributed by atoms with E-state index < -0.39 is 28.5 Å². The first-order valence-corrected chi connectivity index (χ1v) is 9.62. The third-order valence-corrected chi connectivity index (χ3v) is 5.05. The van der Waals surface area contributed by atoms with Gasteiger partial charge in [-0.2, -0.15) is 18.4 Å². The summed E-state index contributed by atoms with van der Waals surface area (Å²) in [5.41, 5.74) is -1.48. The van der Waals surface area contributed by atoms with E-state index >= 15 is 0 Å². The van der Waals surface area contributed by atoms with Gasteiger partial charge in [0, 0.05) is 5.56 Å². The third kappa shape index (κ3) is 5.16. The Kier molecular flexibility index (Phi) is 7.56. The molecule has 0 N–H and O–H groups in total. The molecule has 6 nitrogen and oxygen atoms in total. The quantitative estimate of drug-likeness (QED) is 0.456. The van der Waals surface area contributed by atoms with Gasteiger partial charge in [0.2, 0.25) is 0 Å². The number of alkyl halides is 3. The molecule has 0 saturated heterocycles. The molecule has 0 spiro atoms. The summed E-state index contributed by atoms with van der Waals surface area (Å²) in [7, 11) is 2.84. The van der Waals surface area contributed by atoms with Crippen LogP contribution in [0.4, 0.5) is 13.2 Å². The summed E-state index contributed by atoms with van der Waals surface area (Å²) in [5, 5.41) is 8.31. The monoisotopic (exact) mass is 440 g/mol. The number of pyridine rings is 1. The number of methoxy groups -OCH3 is 2. The van der Waals surface area contributed by atoms with Crippen LogP contribution in [-0.2, 0) is 15.7 Å². The lowest BCUT2D eigenvalue weighted by Gasteiger charge is -2.16. The van der Waals surface area contributed by atoms with E-state index in [-0.39, 0.29) is 17.3 Å². The Balaban J connectivity index is 2.65. The zero-order valence-electron chi connectivity index (χ0n) is 16.7. The van der Waals surface area contributed by atoms with Crippen LogP contribution in [0.3, 0.4) is 0 Å². The largest absolute Gasteiger partial charge is 0.493 e. The number of esters is 1. The highest BCUT2D eigenvalue weighted by atomic mass is 32.2. The number of carbonyl (C=O) groups is 1. The maximum atomic E-state index is 13.7. The topological polar surface area (TPSA) is 81.4 Å². The Morgan fingerprint density at radius 1 is 1.23 bits per heavy atom. The third-order valence-electron chi connectivity index (χ3n) is 3.99. The average molecular weight is 440 g/mol. The Bertz CT molecular complexity index is 974. The second-order valence-corrected chi connectivity index (χ2v) is 7.26. The molecule has 0 aliphatic carbocycles. The predicted molar refractivity (Wildman–Crippen MR) is 104 cm³/mol.